The first-order valence-corrected chi connectivity index (χ1v) is 12.5. The van der Waals surface area contributed by atoms with Gasteiger partial charge >= 0.3 is 0 Å². The second-order valence-electron chi connectivity index (χ2n) is 8.89. The Balaban J connectivity index is 1.70. The van der Waals surface area contributed by atoms with Crippen molar-refractivity contribution in [3.05, 3.63) is 28.2 Å². The lowest BCUT2D eigenvalue weighted by molar-refractivity contribution is 0.0261. The van der Waals surface area contributed by atoms with Crippen molar-refractivity contribution in [3.63, 3.8) is 0 Å². The molecule has 0 aromatic carbocycles. The molecular formula is C20H27F2N5O4S. The van der Waals surface area contributed by atoms with Gasteiger partial charge in [0.25, 0.3) is 12.0 Å². The Morgan fingerprint density at radius 2 is 1.97 bits per heavy atom. The maximum absolute atomic E-state index is 13.5. The van der Waals surface area contributed by atoms with Gasteiger partial charge in [-0.25, -0.2) is 26.5 Å². The van der Waals surface area contributed by atoms with Gasteiger partial charge in [0.2, 0.25) is 16.0 Å². The SMILES string of the molecule is C[C@]1(O)CCC[C@@H]1n1c(=O)c(C(F)F)cc2cnc(NC3CCN(S(C)(=O)=O)CC3)nc21. The summed E-state index contributed by atoms with van der Waals surface area (Å²) in [6.07, 6.45) is 2.33. The summed E-state index contributed by atoms with van der Waals surface area (Å²) in [5.41, 5.74) is -2.52. The van der Waals surface area contributed by atoms with Crippen LogP contribution in [0, 0.1) is 0 Å². The van der Waals surface area contributed by atoms with Crippen LogP contribution in [-0.2, 0) is 10.0 Å². The fraction of sp³-hybridized carbons (Fsp3) is 0.650. The van der Waals surface area contributed by atoms with Gasteiger partial charge in [-0.3, -0.25) is 9.36 Å². The maximum Gasteiger partial charge on any atom is 0.269 e. The fourth-order valence-electron chi connectivity index (χ4n) is 4.71. The second kappa shape index (κ2) is 8.31. The van der Waals surface area contributed by atoms with Crippen molar-refractivity contribution in [2.45, 2.75) is 63.1 Å². The predicted molar refractivity (Wildman–Crippen MR) is 115 cm³/mol. The molecule has 4 rings (SSSR count). The lowest BCUT2D eigenvalue weighted by Gasteiger charge is -2.31. The summed E-state index contributed by atoms with van der Waals surface area (Å²) in [4.78, 5) is 21.6. The van der Waals surface area contributed by atoms with E-state index < -0.39 is 39.2 Å². The number of halogens is 2. The van der Waals surface area contributed by atoms with Crippen molar-refractivity contribution in [1.82, 2.24) is 18.8 Å². The van der Waals surface area contributed by atoms with Gasteiger partial charge in [-0.15, -0.1) is 0 Å². The Bertz CT molecular complexity index is 1180. The van der Waals surface area contributed by atoms with E-state index in [-0.39, 0.29) is 17.6 Å². The van der Waals surface area contributed by atoms with E-state index in [2.05, 4.69) is 15.3 Å². The second-order valence-corrected chi connectivity index (χ2v) is 10.9. The number of alkyl halides is 2. The number of piperidine rings is 1. The van der Waals surface area contributed by atoms with Crippen LogP contribution in [-0.4, -0.2) is 63.4 Å². The van der Waals surface area contributed by atoms with Crippen LogP contribution in [0.5, 0.6) is 0 Å². The molecule has 0 spiro atoms. The molecule has 0 radical (unpaired) electrons. The molecular weight excluding hydrogens is 444 g/mol. The number of fused-ring (bicyclic) bond motifs is 1. The molecule has 3 heterocycles. The molecule has 2 N–H and O–H groups in total. The van der Waals surface area contributed by atoms with E-state index in [1.807, 2.05) is 0 Å². The summed E-state index contributed by atoms with van der Waals surface area (Å²) < 4.78 is 53.1. The van der Waals surface area contributed by atoms with Crippen molar-refractivity contribution in [2.24, 2.45) is 0 Å². The average molecular weight is 472 g/mol. The van der Waals surface area contributed by atoms with Crippen molar-refractivity contribution in [3.8, 4) is 0 Å². The van der Waals surface area contributed by atoms with E-state index in [1.165, 1.54) is 21.3 Å². The monoisotopic (exact) mass is 471 g/mol. The van der Waals surface area contributed by atoms with Crippen LogP contribution in [0.2, 0.25) is 0 Å². The number of nitrogens with one attached hydrogen (secondary N) is 1. The first-order valence-electron chi connectivity index (χ1n) is 10.6. The van der Waals surface area contributed by atoms with E-state index in [4.69, 9.17) is 0 Å². The molecule has 12 heteroatoms. The van der Waals surface area contributed by atoms with Crippen LogP contribution >= 0.6 is 0 Å². The highest BCUT2D eigenvalue weighted by Gasteiger charge is 2.40. The van der Waals surface area contributed by atoms with Gasteiger partial charge in [-0.2, -0.15) is 4.98 Å². The van der Waals surface area contributed by atoms with Crippen LogP contribution in [0.1, 0.15) is 57.1 Å². The number of rotatable bonds is 5. The molecule has 9 nitrogen and oxygen atoms in total. The molecule has 2 fully saturated rings. The molecule has 32 heavy (non-hydrogen) atoms. The van der Waals surface area contributed by atoms with E-state index in [9.17, 15) is 27.1 Å². The lowest BCUT2D eigenvalue weighted by Crippen LogP contribution is -2.42. The minimum absolute atomic E-state index is 0.0689. The van der Waals surface area contributed by atoms with Crippen molar-refractivity contribution in [2.75, 3.05) is 24.7 Å². The minimum atomic E-state index is -3.24. The third kappa shape index (κ3) is 4.35. The van der Waals surface area contributed by atoms with Gasteiger partial charge in [0.15, 0.2) is 0 Å². The zero-order chi connectivity index (χ0) is 23.3. The summed E-state index contributed by atoms with van der Waals surface area (Å²) in [7, 11) is -3.24. The molecule has 1 saturated carbocycles. The van der Waals surface area contributed by atoms with E-state index in [0.29, 0.717) is 50.6 Å². The first kappa shape index (κ1) is 23.0. The summed E-state index contributed by atoms with van der Waals surface area (Å²) in [6.45, 7) is 2.35. The predicted octanol–water partition coefficient (Wildman–Crippen LogP) is 2.04. The van der Waals surface area contributed by atoms with Crippen molar-refractivity contribution in [1.29, 1.82) is 0 Å². The molecule has 2 aromatic heterocycles. The van der Waals surface area contributed by atoms with E-state index >= 15 is 0 Å². The van der Waals surface area contributed by atoms with E-state index in [0.717, 1.165) is 6.07 Å². The molecule has 1 saturated heterocycles. The summed E-state index contributed by atoms with van der Waals surface area (Å²) >= 11 is 0. The smallest absolute Gasteiger partial charge is 0.269 e. The number of pyridine rings is 1. The highest BCUT2D eigenvalue weighted by Crippen LogP contribution is 2.39. The first-order chi connectivity index (χ1) is 15.0. The standard InChI is InChI=1S/C20H27F2N5O4S/c1-20(29)7-3-4-15(20)27-17-12(10-14(16(21)22)18(27)28)11-23-19(25-17)24-13-5-8-26(9-6-13)32(2,30)31/h10-11,13,15-16,29H,3-9H2,1-2H3,(H,23,24,25)/t15-,20-/m0/s1. The number of nitrogens with zero attached hydrogens (tertiary/aromatic N) is 4. The van der Waals surface area contributed by atoms with Gasteiger partial charge in [-0.05, 0) is 45.1 Å². The van der Waals surface area contributed by atoms with Crippen LogP contribution in [0.15, 0.2) is 17.1 Å². The van der Waals surface area contributed by atoms with Gasteiger partial charge < -0.3 is 10.4 Å². The average Bonchev–Trinajstić information content (AvgIpc) is 3.05. The highest BCUT2D eigenvalue weighted by atomic mass is 32.2. The quantitative estimate of drug-likeness (QED) is 0.685. The molecule has 1 aliphatic carbocycles. The largest absolute Gasteiger partial charge is 0.388 e. The number of hydrogen-bond donors (Lipinski definition) is 2. The Labute approximate surface area is 184 Å². The Morgan fingerprint density at radius 3 is 2.53 bits per heavy atom. The summed E-state index contributed by atoms with van der Waals surface area (Å²) in [5.74, 6) is 0.228. The molecule has 0 bridgehead atoms. The van der Waals surface area contributed by atoms with Crippen molar-refractivity contribution >= 4 is 27.0 Å². The topological polar surface area (TPSA) is 117 Å². The van der Waals surface area contributed by atoms with Crippen LogP contribution in [0.4, 0.5) is 14.7 Å². The van der Waals surface area contributed by atoms with Gasteiger partial charge in [-0.1, -0.05) is 0 Å². The van der Waals surface area contributed by atoms with Gasteiger partial charge in [0.05, 0.1) is 23.5 Å². The van der Waals surface area contributed by atoms with Gasteiger partial charge in [0, 0.05) is 30.7 Å². The molecule has 2 aliphatic rings. The zero-order valence-corrected chi connectivity index (χ0v) is 18.8. The maximum atomic E-state index is 13.5. The molecule has 2 aromatic rings. The Kier molecular flexibility index (Phi) is 5.97. The third-order valence-corrected chi connectivity index (χ3v) is 7.79. The third-order valence-electron chi connectivity index (χ3n) is 6.48. The number of aromatic nitrogens is 3. The summed E-state index contributed by atoms with van der Waals surface area (Å²) in [6, 6.07) is 0.370. The molecule has 0 amide bonds. The fourth-order valence-corrected chi connectivity index (χ4v) is 5.58. The summed E-state index contributed by atoms with van der Waals surface area (Å²) in [5, 5.41) is 14.2. The van der Waals surface area contributed by atoms with Gasteiger partial charge in [0.1, 0.15) is 5.65 Å². The molecule has 176 valence electrons. The number of hydrogen-bond acceptors (Lipinski definition) is 7. The normalized spacial score (nSPS) is 25.6. The van der Waals surface area contributed by atoms with Crippen LogP contribution in [0.3, 0.4) is 0 Å². The zero-order valence-electron chi connectivity index (χ0n) is 18.0. The molecule has 1 aliphatic heterocycles. The number of aliphatic hydroxyl groups is 1. The number of sulfonamides is 1. The number of anilines is 1. The van der Waals surface area contributed by atoms with Crippen LogP contribution < -0.4 is 10.9 Å². The minimum Gasteiger partial charge on any atom is -0.388 e. The highest BCUT2D eigenvalue weighted by molar-refractivity contribution is 7.88. The Morgan fingerprint density at radius 1 is 1.28 bits per heavy atom. The van der Waals surface area contributed by atoms with E-state index in [1.54, 1.807) is 6.92 Å². The lowest BCUT2D eigenvalue weighted by atomic mass is 9.99. The molecule has 2 atom stereocenters. The molecule has 0 unspecified atom stereocenters. The van der Waals surface area contributed by atoms with Crippen LogP contribution in [0.25, 0.3) is 11.0 Å². The Hall–Kier alpha value is -2.18. The van der Waals surface area contributed by atoms with Crippen molar-refractivity contribution < 1.29 is 22.3 Å².